The third-order valence-electron chi connectivity index (χ3n) is 3.63. The molecule has 0 spiro atoms. The Hall–Kier alpha value is -3.32. The van der Waals surface area contributed by atoms with Crippen LogP contribution in [0, 0.1) is 10.1 Å². The quantitative estimate of drug-likeness (QED) is 0.547. The van der Waals surface area contributed by atoms with Crippen LogP contribution >= 0.6 is 11.6 Å². The van der Waals surface area contributed by atoms with Gasteiger partial charge in [-0.2, -0.15) is 0 Å². The van der Waals surface area contributed by atoms with E-state index in [2.05, 4.69) is 15.3 Å². The van der Waals surface area contributed by atoms with Crippen LogP contribution in [-0.2, 0) is 6.54 Å². The van der Waals surface area contributed by atoms with Gasteiger partial charge in [0.25, 0.3) is 11.6 Å². The van der Waals surface area contributed by atoms with E-state index in [1.807, 2.05) is 30.3 Å². The third-order valence-corrected chi connectivity index (χ3v) is 3.94. The molecule has 1 amide bonds. The van der Waals surface area contributed by atoms with Gasteiger partial charge in [0.05, 0.1) is 33.4 Å². The van der Waals surface area contributed by atoms with Crippen molar-refractivity contribution in [1.29, 1.82) is 0 Å². The van der Waals surface area contributed by atoms with Crippen LogP contribution in [0.4, 0.5) is 5.69 Å². The predicted molar refractivity (Wildman–Crippen MR) is 96.7 cm³/mol. The van der Waals surface area contributed by atoms with Crippen molar-refractivity contribution in [3.05, 3.63) is 87.3 Å². The molecule has 0 bridgehead atoms. The monoisotopic (exact) mass is 368 g/mol. The molecule has 0 fully saturated rings. The second kappa shape index (κ2) is 7.71. The van der Waals surface area contributed by atoms with Crippen molar-refractivity contribution in [2.45, 2.75) is 6.54 Å². The van der Waals surface area contributed by atoms with Crippen LogP contribution < -0.4 is 5.32 Å². The highest BCUT2D eigenvalue weighted by Gasteiger charge is 2.15. The molecule has 0 saturated heterocycles. The average Bonchev–Trinajstić information content (AvgIpc) is 2.67. The molecule has 0 aliphatic carbocycles. The van der Waals surface area contributed by atoms with Crippen LogP contribution in [0.5, 0.6) is 0 Å². The maximum atomic E-state index is 12.3. The van der Waals surface area contributed by atoms with E-state index in [-0.39, 0.29) is 22.8 Å². The van der Waals surface area contributed by atoms with Crippen molar-refractivity contribution in [2.24, 2.45) is 0 Å². The summed E-state index contributed by atoms with van der Waals surface area (Å²) in [7, 11) is 0. The molecule has 3 aromatic rings. The van der Waals surface area contributed by atoms with E-state index < -0.39 is 10.8 Å². The Kier molecular flexibility index (Phi) is 5.19. The fraction of sp³-hybridized carbons (Fsp3) is 0.0556. The van der Waals surface area contributed by atoms with Gasteiger partial charge in [0, 0.05) is 17.7 Å². The summed E-state index contributed by atoms with van der Waals surface area (Å²) in [6.45, 7) is 0.175. The lowest BCUT2D eigenvalue weighted by molar-refractivity contribution is -0.384. The highest BCUT2D eigenvalue weighted by atomic mass is 35.5. The van der Waals surface area contributed by atoms with E-state index in [1.54, 1.807) is 6.07 Å². The zero-order valence-electron chi connectivity index (χ0n) is 13.4. The summed E-state index contributed by atoms with van der Waals surface area (Å²) < 4.78 is 0. The van der Waals surface area contributed by atoms with Gasteiger partial charge in [-0.15, -0.1) is 0 Å². The molecule has 0 saturated carbocycles. The van der Waals surface area contributed by atoms with Gasteiger partial charge in [-0.1, -0.05) is 41.9 Å². The van der Waals surface area contributed by atoms with Crippen molar-refractivity contribution in [2.75, 3.05) is 0 Å². The number of non-ortho nitro benzene ring substituents is 1. The van der Waals surface area contributed by atoms with Crippen molar-refractivity contribution >= 4 is 23.2 Å². The van der Waals surface area contributed by atoms with E-state index in [0.29, 0.717) is 5.69 Å². The van der Waals surface area contributed by atoms with Crippen LogP contribution in [0.2, 0.25) is 5.02 Å². The Morgan fingerprint density at radius 2 is 1.88 bits per heavy atom. The maximum absolute atomic E-state index is 12.3. The van der Waals surface area contributed by atoms with Crippen molar-refractivity contribution < 1.29 is 9.72 Å². The molecular weight excluding hydrogens is 356 g/mol. The molecule has 1 aromatic heterocycles. The maximum Gasteiger partial charge on any atom is 0.270 e. The molecule has 7 nitrogen and oxygen atoms in total. The second-order valence-electron chi connectivity index (χ2n) is 5.36. The first-order chi connectivity index (χ1) is 12.5. The van der Waals surface area contributed by atoms with Gasteiger partial charge in [-0.05, 0) is 12.1 Å². The molecular formula is C18H13ClN4O3. The number of benzene rings is 2. The standard InChI is InChI=1S/C18H13ClN4O3/c19-16-9-14(23(25)26)6-7-15(16)18(24)20-10-13-8-17(22-11-21-13)12-4-2-1-3-5-12/h1-9,11H,10H2,(H,20,24). The number of halogens is 1. The van der Waals surface area contributed by atoms with Crippen LogP contribution in [0.25, 0.3) is 11.3 Å². The summed E-state index contributed by atoms with van der Waals surface area (Å²) in [5.41, 5.74) is 2.31. The van der Waals surface area contributed by atoms with Gasteiger partial charge in [0.2, 0.25) is 0 Å². The lowest BCUT2D eigenvalue weighted by Gasteiger charge is -2.07. The zero-order chi connectivity index (χ0) is 18.5. The number of carbonyl (C=O) groups excluding carboxylic acids is 1. The van der Waals surface area contributed by atoms with Gasteiger partial charge in [-0.25, -0.2) is 9.97 Å². The number of nitrogens with one attached hydrogen (secondary N) is 1. The predicted octanol–water partition coefficient (Wildman–Crippen LogP) is 3.64. The molecule has 0 radical (unpaired) electrons. The summed E-state index contributed by atoms with van der Waals surface area (Å²) in [6.07, 6.45) is 1.43. The van der Waals surface area contributed by atoms with Crippen molar-refractivity contribution in [1.82, 2.24) is 15.3 Å². The van der Waals surface area contributed by atoms with Crippen LogP contribution in [0.1, 0.15) is 16.1 Å². The molecule has 0 unspecified atom stereocenters. The lowest BCUT2D eigenvalue weighted by Crippen LogP contribution is -2.23. The minimum Gasteiger partial charge on any atom is -0.346 e. The number of rotatable bonds is 5. The van der Waals surface area contributed by atoms with E-state index in [0.717, 1.165) is 17.3 Å². The van der Waals surface area contributed by atoms with Gasteiger partial charge >= 0.3 is 0 Å². The van der Waals surface area contributed by atoms with Crippen LogP contribution in [0.3, 0.4) is 0 Å². The largest absolute Gasteiger partial charge is 0.346 e. The Morgan fingerprint density at radius 3 is 2.58 bits per heavy atom. The molecule has 0 atom stereocenters. The Morgan fingerprint density at radius 1 is 1.12 bits per heavy atom. The minimum absolute atomic E-state index is 0.0179. The van der Waals surface area contributed by atoms with E-state index in [9.17, 15) is 14.9 Å². The van der Waals surface area contributed by atoms with Crippen molar-refractivity contribution in [3.8, 4) is 11.3 Å². The van der Waals surface area contributed by atoms with Gasteiger partial charge in [-0.3, -0.25) is 14.9 Å². The Bertz CT molecular complexity index is 964. The van der Waals surface area contributed by atoms with E-state index in [4.69, 9.17) is 11.6 Å². The first kappa shape index (κ1) is 17.5. The summed E-state index contributed by atoms with van der Waals surface area (Å²) in [5, 5.41) is 13.4. The fourth-order valence-electron chi connectivity index (χ4n) is 2.33. The molecule has 3 rings (SSSR count). The summed E-state index contributed by atoms with van der Waals surface area (Å²) >= 11 is 5.96. The van der Waals surface area contributed by atoms with Gasteiger partial charge in [0.15, 0.2) is 0 Å². The van der Waals surface area contributed by atoms with Gasteiger partial charge < -0.3 is 5.32 Å². The normalized spacial score (nSPS) is 10.3. The molecule has 0 aliphatic heterocycles. The third kappa shape index (κ3) is 4.01. The lowest BCUT2D eigenvalue weighted by atomic mass is 10.1. The number of hydrogen-bond donors (Lipinski definition) is 1. The van der Waals surface area contributed by atoms with Crippen molar-refractivity contribution in [3.63, 3.8) is 0 Å². The summed E-state index contributed by atoms with van der Waals surface area (Å²) in [4.78, 5) is 30.8. The molecule has 2 aromatic carbocycles. The van der Waals surface area contributed by atoms with E-state index >= 15 is 0 Å². The number of carbonyl (C=O) groups is 1. The van der Waals surface area contributed by atoms with Gasteiger partial charge in [0.1, 0.15) is 6.33 Å². The number of nitro groups is 1. The number of aromatic nitrogens is 2. The summed E-state index contributed by atoms with van der Waals surface area (Å²) in [6, 6.07) is 15.1. The Balaban J connectivity index is 1.71. The average molecular weight is 369 g/mol. The number of nitro benzene ring substituents is 1. The van der Waals surface area contributed by atoms with E-state index in [1.165, 1.54) is 18.5 Å². The highest BCUT2D eigenvalue weighted by molar-refractivity contribution is 6.34. The number of hydrogen-bond acceptors (Lipinski definition) is 5. The SMILES string of the molecule is O=C(NCc1cc(-c2ccccc2)ncn1)c1ccc([N+](=O)[O-])cc1Cl. The zero-order valence-corrected chi connectivity index (χ0v) is 14.2. The van der Waals surface area contributed by atoms with Crippen LogP contribution in [0.15, 0.2) is 60.9 Å². The fourth-order valence-corrected chi connectivity index (χ4v) is 2.59. The van der Waals surface area contributed by atoms with Crippen LogP contribution in [-0.4, -0.2) is 20.8 Å². The molecule has 1 heterocycles. The molecule has 1 N–H and O–H groups in total. The molecule has 130 valence electrons. The first-order valence-corrected chi connectivity index (χ1v) is 8.01. The number of amides is 1. The molecule has 0 aliphatic rings. The highest BCUT2D eigenvalue weighted by Crippen LogP contribution is 2.22. The second-order valence-corrected chi connectivity index (χ2v) is 5.77. The smallest absolute Gasteiger partial charge is 0.270 e. The number of nitrogens with zero attached hydrogens (tertiary/aromatic N) is 3. The Labute approximate surface area is 153 Å². The summed E-state index contributed by atoms with van der Waals surface area (Å²) in [5.74, 6) is -0.440. The molecule has 26 heavy (non-hydrogen) atoms. The topological polar surface area (TPSA) is 98.0 Å². The minimum atomic E-state index is -0.570. The first-order valence-electron chi connectivity index (χ1n) is 7.63. The molecule has 8 heteroatoms.